The Labute approximate surface area is 166 Å². The Morgan fingerprint density at radius 1 is 1.14 bits per heavy atom. The minimum Gasteiger partial charge on any atom is -0.493 e. The first-order chi connectivity index (χ1) is 13.9. The molecule has 1 aromatic heterocycles. The molecule has 0 unspecified atom stereocenters. The monoisotopic (exact) mass is 397 g/mol. The van der Waals surface area contributed by atoms with Gasteiger partial charge in [0.25, 0.3) is 5.69 Å². The summed E-state index contributed by atoms with van der Waals surface area (Å²) in [5, 5.41) is 17.5. The van der Waals surface area contributed by atoms with Crippen LogP contribution in [0.5, 0.6) is 11.5 Å². The molecule has 1 N–H and O–H groups in total. The lowest BCUT2D eigenvalue weighted by Gasteiger charge is -2.07. The Morgan fingerprint density at radius 2 is 1.90 bits per heavy atom. The molecule has 29 heavy (non-hydrogen) atoms. The van der Waals surface area contributed by atoms with Gasteiger partial charge in [-0.2, -0.15) is 0 Å². The normalized spacial score (nSPS) is 10.4. The van der Waals surface area contributed by atoms with Crippen LogP contribution in [0.3, 0.4) is 0 Å². The predicted molar refractivity (Wildman–Crippen MR) is 105 cm³/mol. The second-order valence-electron chi connectivity index (χ2n) is 6.23. The Morgan fingerprint density at radius 3 is 2.55 bits per heavy atom. The maximum atomic E-state index is 12.3. The average molecular weight is 397 g/mol. The number of rotatable bonds is 7. The minimum absolute atomic E-state index is 0.00673. The van der Waals surface area contributed by atoms with Crippen molar-refractivity contribution in [1.29, 1.82) is 0 Å². The minimum atomic E-state index is -0.482. The summed E-state index contributed by atoms with van der Waals surface area (Å²) in [6, 6.07) is 11.2. The standard InChI is InChI=1S/C20H19N3O6/c1-12-8-15(23(25)26)5-6-16(12)21-20(24)11-14-10-18(29-22-14)13-4-7-17(27-2)19(9-13)28-3/h4-10H,11H2,1-3H3,(H,21,24). The number of aryl methyl sites for hydroxylation is 1. The molecule has 0 fully saturated rings. The molecule has 0 saturated carbocycles. The van der Waals surface area contributed by atoms with Crippen LogP contribution in [0.4, 0.5) is 11.4 Å². The maximum Gasteiger partial charge on any atom is 0.269 e. The van der Waals surface area contributed by atoms with Crippen molar-refractivity contribution in [1.82, 2.24) is 5.16 Å². The molecular weight excluding hydrogens is 378 g/mol. The largest absolute Gasteiger partial charge is 0.493 e. The molecular formula is C20H19N3O6. The number of nitrogens with one attached hydrogen (secondary N) is 1. The Kier molecular flexibility index (Phi) is 5.77. The van der Waals surface area contributed by atoms with E-state index in [4.69, 9.17) is 14.0 Å². The molecule has 9 nitrogen and oxygen atoms in total. The van der Waals surface area contributed by atoms with Crippen molar-refractivity contribution in [3.63, 3.8) is 0 Å². The number of benzene rings is 2. The highest BCUT2D eigenvalue weighted by molar-refractivity contribution is 5.93. The van der Waals surface area contributed by atoms with E-state index < -0.39 is 4.92 Å². The van der Waals surface area contributed by atoms with Crippen LogP contribution in [-0.2, 0) is 11.2 Å². The Bertz CT molecular complexity index is 1060. The number of methoxy groups -OCH3 is 2. The summed E-state index contributed by atoms with van der Waals surface area (Å²) in [5.41, 5.74) is 2.25. The van der Waals surface area contributed by atoms with Gasteiger partial charge in [0.2, 0.25) is 5.91 Å². The molecule has 0 aliphatic rings. The van der Waals surface area contributed by atoms with Crippen molar-refractivity contribution in [3.05, 3.63) is 63.8 Å². The zero-order valence-electron chi connectivity index (χ0n) is 16.1. The van der Waals surface area contributed by atoms with Crippen molar-refractivity contribution in [2.75, 3.05) is 19.5 Å². The van der Waals surface area contributed by atoms with Crippen LogP contribution in [-0.4, -0.2) is 30.2 Å². The van der Waals surface area contributed by atoms with Gasteiger partial charge in [-0.1, -0.05) is 5.16 Å². The molecule has 0 bridgehead atoms. The second kappa shape index (κ2) is 8.42. The summed E-state index contributed by atoms with van der Waals surface area (Å²) < 4.78 is 15.8. The number of nitrogens with zero attached hydrogens (tertiary/aromatic N) is 2. The first-order valence-corrected chi connectivity index (χ1v) is 8.64. The number of nitro groups is 1. The van der Waals surface area contributed by atoms with Crippen molar-refractivity contribution >= 4 is 17.3 Å². The topological polar surface area (TPSA) is 117 Å². The molecule has 9 heteroatoms. The molecule has 1 amide bonds. The van der Waals surface area contributed by atoms with E-state index in [1.165, 1.54) is 25.3 Å². The summed E-state index contributed by atoms with van der Waals surface area (Å²) >= 11 is 0. The van der Waals surface area contributed by atoms with Gasteiger partial charge in [0, 0.05) is 29.4 Å². The second-order valence-corrected chi connectivity index (χ2v) is 6.23. The molecule has 0 radical (unpaired) electrons. The quantitative estimate of drug-likeness (QED) is 0.476. The Balaban J connectivity index is 1.70. The molecule has 3 rings (SSSR count). The van der Waals surface area contributed by atoms with Gasteiger partial charge in [0.05, 0.1) is 31.3 Å². The Hall–Kier alpha value is -3.88. The van der Waals surface area contributed by atoms with E-state index in [1.54, 1.807) is 38.3 Å². The summed E-state index contributed by atoms with van der Waals surface area (Å²) in [7, 11) is 3.09. The molecule has 150 valence electrons. The van der Waals surface area contributed by atoms with Crippen LogP contribution in [0.15, 0.2) is 47.0 Å². The summed E-state index contributed by atoms with van der Waals surface area (Å²) in [6.45, 7) is 1.69. The van der Waals surface area contributed by atoms with Crippen LogP contribution in [0.1, 0.15) is 11.3 Å². The molecule has 0 aliphatic carbocycles. The van der Waals surface area contributed by atoms with Gasteiger partial charge in [0.15, 0.2) is 17.3 Å². The number of ether oxygens (including phenoxy) is 2. The number of non-ortho nitro benzene ring substituents is 1. The van der Waals surface area contributed by atoms with Crippen molar-refractivity contribution in [2.45, 2.75) is 13.3 Å². The lowest BCUT2D eigenvalue weighted by Crippen LogP contribution is -2.15. The fourth-order valence-corrected chi connectivity index (χ4v) is 2.78. The third kappa shape index (κ3) is 4.52. The van der Waals surface area contributed by atoms with Crippen LogP contribution in [0.2, 0.25) is 0 Å². The van der Waals surface area contributed by atoms with E-state index in [2.05, 4.69) is 10.5 Å². The van der Waals surface area contributed by atoms with Gasteiger partial charge in [-0.05, 0) is 36.8 Å². The maximum absolute atomic E-state index is 12.3. The zero-order chi connectivity index (χ0) is 21.0. The summed E-state index contributed by atoms with van der Waals surface area (Å²) in [5.74, 6) is 1.32. The van der Waals surface area contributed by atoms with E-state index in [0.717, 1.165) is 5.56 Å². The number of aromatic nitrogens is 1. The van der Waals surface area contributed by atoms with E-state index in [0.29, 0.717) is 34.2 Å². The van der Waals surface area contributed by atoms with Gasteiger partial charge < -0.3 is 19.3 Å². The van der Waals surface area contributed by atoms with Crippen LogP contribution in [0, 0.1) is 17.0 Å². The summed E-state index contributed by atoms with van der Waals surface area (Å²) in [6.07, 6.45) is -0.00673. The van der Waals surface area contributed by atoms with Gasteiger partial charge in [0.1, 0.15) is 0 Å². The number of nitro benzene ring substituents is 1. The lowest BCUT2D eigenvalue weighted by atomic mass is 10.1. The van der Waals surface area contributed by atoms with Crippen LogP contribution in [0.25, 0.3) is 11.3 Å². The number of amides is 1. The van der Waals surface area contributed by atoms with E-state index in [1.807, 2.05) is 0 Å². The van der Waals surface area contributed by atoms with Crippen molar-refractivity contribution in [3.8, 4) is 22.8 Å². The van der Waals surface area contributed by atoms with Crippen molar-refractivity contribution < 1.29 is 23.7 Å². The van der Waals surface area contributed by atoms with Gasteiger partial charge in [-0.15, -0.1) is 0 Å². The van der Waals surface area contributed by atoms with E-state index >= 15 is 0 Å². The van der Waals surface area contributed by atoms with Crippen LogP contribution >= 0.6 is 0 Å². The van der Waals surface area contributed by atoms with E-state index in [9.17, 15) is 14.9 Å². The van der Waals surface area contributed by atoms with Gasteiger partial charge in [-0.3, -0.25) is 14.9 Å². The lowest BCUT2D eigenvalue weighted by molar-refractivity contribution is -0.384. The van der Waals surface area contributed by atoms with Gasteiger partial charge in [-0.25, -0.2) is 0 Å². The average Bonchev–Trinajstić information content (AvgIpc) is 3.17. The highest BCUT2D eigenvalue weighted by Crippen LogP contribution is 2.32. The molecule has 3 aromatic rings. The predicted octanol–water partition coefficient (Wildman–Crippen LogP) is 3.76. The molecule has 2 aromatic carbocycles. The molecule has 0 aliphatic heterocycles. The number of anilines is 1. The highest BCUT2D eigenvalue weighted by atomic mass is 16.6. The van der Waals surface area contributed by atoms with Crippen LogP contribution < -0.4 is 14.8 Å². The number of hydrogen-bond donors (Lipinski definition) is 1. The zero-order valence-corrected chi connectivity index (χ0v) is 16.1. The first-order valence-electron chi connectivity index (χ1n) is 8.64. The molecule has 0 spiro atoms. The third-order valence-electron chi connectivity index (χ3n) is 4.26. The summed E-state index contributed by atoms with van der Waals surface area (Å²) in [4.78, 5) is 22.6. The molecule has 0 saturated heterocycles. The van der Waals surface area contributed by atoms with Crippen molar-refractivity contribution in [2.24, 2.45) is 0 Å². The first kappa shape index (κ1) is 19.9. The smallest absolute Gasteiger partial charge is 0.269 e. The molecule has 0 atom stereocenters. The van der Waals surface area contributed by atoms with Gasteiger partial charge >= 0.3 is 0 Å². The highest BCUT2D eigenvalue weighted by Gasteiger charge is 2.15. The van der Waals surface area contributed by atoms with E-state index in [-0.39, 0.29) is 18.0 Å². The third-order valence-corrected chi connectivity index (χ3v) is 4.26. The number of carbonyl (C=O) groups is 1. The molecule has 1 heterocycles. The fraction of sp³-hybridized carbons (Fsp3) is 0.200. The fourth-order valence-electron chi connectivity index (χ4n) is 2.78. The number of carbonyl (C=O) groups excluding carboxylic acids is 1. The number of hydrogen-bond acceptors (Lipinski definition) is 7. The SMILES string of the molecule is COc1ccc(-c2cc(CC(=O)Nc3ccc([N+](=O)[O-])cc3C)no2)cc1OC.